The largest absolute Gasteiger partial charge is 0.430 e. The fraction of sp³-hybridized carbons (Fsp3) is 0.500. The van der Waals surface area contributed by atoms with E-state index in [-0.39, 0.29) is 11.5 Å². The van der Waals surface area contributed by atoms with E-state index in [2.05, 4.69) is 15.9 Å². The van der Waals surface area contributed by atoms with Gasteiger partial charge in [-0.05, 0) is 17.5 Å². The van der Waals surface area contributed by atoms with Crippen LogP contribution in [0.5, 0.6) is 0 Å². The van der Waals surface area contributed by atoms with E-state index in [0.717, 1.165) is 12.1 Å². The molecule has 114 valence electrons. The lowest BCUT2D eigenvalue weighted by molar-refractivity contribution is -0.376. The first-order chi connectivity index (χ1) is 8.82. The standard InChI is InChI=1S/C12H11BrF6O/c1-6(2)8-5-7(3-4-9(8)13)10(20,11(14,15)16)12(17,18)19/h3-6,20H,1-2H3. The highest BCUT2D eigenvalue weighted by molar-refractivity contribution is 9.10. The minimum atomic E-state index is -5.87. The topological polar surface area (TPSA) is 20.2 Å². The van der Waals surface area contributed by atoms with E-state index in [4.69, 9.17) is 0 Å². The van der Waals surface area contributed by atoms with Gasteiger partial charge in [-0.25, -0.2) is 0 Å². The van der Waals surface area contributed by atoms with Gasteiger partial charge < -0.3 is 5.11 Å². The Balaban J connectivity index is 3.57. The van der Waals surface area contributed by atoms with Gasteiger partial charge in [0.15, 0.2) is 0 Å². The highest BCUT2D eigenvalue weighted by Gasteiger charge is 2.71. The zero-order valence-electron chi connectivity index (χ0n) is 10.4. The van der Waals surface area contributed by atoms with Gasteiger partial charge in [0.1, 0.15) is 0 Å². The van der Waals surface area contributed by atoms with Crippen molar-refractivity contribution in [1.82, 2.24) is 0 Å². The lowest BCUT2D eigenvalue weighted by Gasteiger charge is -2.33. The highest BCUT2D eigenvalue weighted by atomic mass is 79.9. The third-order valence-corrected chi connectivity index (χ3v) is 3.58. The summed E-state index contributed by atoms with van der Waals surface area (Å²) in [5.74, 6) is -0.310. The summed E-state index contributed by atoms with van der Waals surface area (Å²) in [5.41, 5.74) is -5.89. The molecule has 0 aliphatic rings. The predicted octanol–water partition coefficient (Wildman–Crippen LogP) is 4.88. The summed E-state index contributed by atoms with van der Waals surface area (Å²) in [5, 5.41) is 9.29. The van der Waals surface area contributed by atoms with Gasteiger partial charge >= 0.3 is 12.4 Å². The molecule has 0 atom stereocenters. The van der Waals surface area contributed by atoms with E-state index < -0.39 is 23.5 Å². The molecule has 0 fully saturated rings. The fourth-order valence-corrected chi connectivity index (χ4v) is 2.40. The SMILES string of the molecule is CC(C)c1cc(C(O)(C(F)(F)F)C(F)(F)F)ccc1Br. The maximum Gasteiger partial charge on any atom is 0.430 e. The number of benzene rings is 1. The first kappa shape index (κ1) is 17.3. The Morgan fingerprint density at radius 3 is 1.80 bits per heavy atom. The van der Waals surface area contributed by atoms with Gasteiger partial charge in [-0.15, -0.1) is 0 Å². The van der Waals surface area contributed by atoms with Crippen molar-refractivity contribution in [2.75, 3.05) is 0 Å². The van der Waals surface area contributed by atoms with Crippen LogP contribution in [0.2, 0.25) is 0 Å². The van der Waals surface area contributed by atoms with Gasteiger partial charge in [-0.1, -0.05) is 41.9 Å². The Labute approximate surface area is 119 Å². The average molecular weight is 365 g/mol. The maximum atomic E-state index is 12.7. The van der Waals surface area contributed by atoms with Crippen LogP contribution in [0.4, 0.5) is 26.3 Å². The van der Waals surface area contributed by atoms with Crippen molar-refractivity contribution in [3.05, 3.63) is 33.8 Å². The molecule has 1 aromatic carbocycles. The summed E-state index contributed by atoms with van der Waals surface area (Å²) in [6.07, 6.45) is -11.7. The van der Waals surface area contributed by atoms with Crippen molar-refractivity contribution >= 4 is 15.9 Å². The number of halogens is 7. The second-order valence-electron chi connectivity index (χ2n) is 4.60. The Morgan fingerprint density at radius 1 is 1.00 bits per heavy atom. The Hall–Kier alpha value is -0.760. The van der Waals surface area contributed by atoms with E-state index in [9.17, 15) is 31.4 Å². The molecule has 0 aliphatic carbocycles. The van der Waals surface area contributed by atoms with Crippen LogP contribution in [0.3, 0.4) is 0 Å². The van der Waals surface area contributed by atoms with E-state index in [0.29, 0.717) is 10.5 Å². The molecular weight excluding hydrogens is 354 g/mol. The zero-order chi connectivity index (χ0) is 15.9. The number of hydrogen-bond acceptors (Lipinski definition) is 1. The molecule has 1 N–H and O–H groups in total. The normalized spacial score (nSPS) is 13.9. The van der Waals surface area contributed by atoms with Crippen LogP contribution in [-0.4, -0.2) is 17.5 Å². The Bertz CT molecular complexity index is 478. The molecule has 0 aromatic heterocycles. The fourth-order valence-electron chi connectivity index (χ4n) is 1.70. The van der Waals surface area contributed by atoms with Gasteiger partial charge in [0.05, 0.1) is 0 Å². The molecule has 1 aromatic rings. The Kier molecular flexibility index (Phi) is 4.51. The van der Waals surface area contributed by atoms with Crippen LogP contribution in [0, 0.1) is 0 Å². The third kappa shape index (κ3) is 2.81. The predicted molar refractivity (Wildman–Crippen MR) is 64.2 cm³/mol. The molecule has 20 heavy (non-hydrogen) atoms. The van der Waals surface area contributed by atoms with Gasteiger partial charge in [0.25, 0.3) is 5.60 Å². The summed E-state index contributed by atoms with van der Waals surface area (Å²) in [6.45, 7) is 3.23. The molecule has 0 saturated heterocycles. The van der Waals surface area contributed by atoms with Crippen molar-refractivity contribution in [3.8, 4) is 0 Å². The van der Waals surface area contributed by atoms with E-state index >= 15 is 0 Å². The molecule has 0 amide bonds. The van der Waals surface area contributed by atoms with Gasteiger partial charge in [-0.2, -0.15) is 26.3 Å². The zero-order valence-corrected chi connectivity index (χ0v) is 12.0. The smallest absolute Gasteiger partial charge is 0.369 e. The van der Waals surface area contributed by atoms with E-state index in [1.54, 1.807) is 13.8 Å². The summed E-state index contributed by atoms with van der Waals surface area (Å²) in [6, 6.07) is 2.39. The van der Waals surface area contributed by atoms with Crippen LogP contribution >= 0.6 is 15.9 Å². The summed E-state index contributed by atoms with van der Waals surface area (Å²) in [4.78, 5) is 0. The summed E-state index contributed by atoms with van der Waals surface area (Å²) >= 11 is 3.05. The van der Waals surface area contributed by atoms with Crippen LogP contribution in [0.1, 0.15) is 30.9 Å². The molecular formula is C12H11BrF6O. The second kappa shape index (κ2) is 5.22. The monoisotopic (exact) mass is 364 g/mol. The molecule has 0 aliphatic heterocycles. The minimum Gasteiger partial charge on any atom is -0.369 e. The molecule has 0 unspecified atom stereocenters. The molecule has 8 heteroatoms. The van der Waals surface area contributed by atoms with E-state index in [1.807, 2.05) is 0 Å². The lowest BCUT2D eigenvalue weighted by Crippen LogP contribution is -2.53. The molecule has 0 bridgehead atoms. The van der Waals surface area contributed by atoms with E-state index in [1.165, 1.54) is 0 Å². The van der Waals surface area contributed by atoms with Crippen LogP contribution in [0.25, 0.3) is 0 Å². The van der Waals surface area contributed by atoms with Gasteiger partial charge in [0.2, 0.25) is 0 Å². The molecule has 1 rings (SSSR count). The van der Waals surface area contributed by atoms with Crippen molar-refractivity contribution in [2.45, 2.75) is 37.7 Å². The van der Waals surface area contributed by atoms with Crippen molar-refractivity contribution in [2.24, 2.45) is 0 Å². The second-order valence-corrected chi connectivity index (χ2v) is 5.45. The van der Waals surface area contributed by atoms with Crippen LogP contribution in [-0.2, 0) is 5.60 Å². The molecule has 0 heterocycles. The van der Waals surface area contributed by atoms with Crippen LogP contribution < -0.4 is 0 Å². The van der Waals surface area contributed by atoms with Gasteiger partial charge in [0, 0.05) is 10.0 Å². The Morgan fingerprint density at radius 2 is 1.45 bits per heavy atom. The summed E-state index contributed by atoms with van der Waals surface area (Å²) < 4.78 is 76.8. The number of hydrogen-bond donors (Lipinski definition) is 1. The lowest BCUT2D eigenvalue weighted by atomic mass is 9.89. The van der Waals surface area contributed by atoms with Gasteiger partial charge in [-0.3, -0.25) is 0 Å². The minimum absolute atomic E-state index is 0.245. The summed E-state index contributed by atoms with van der Waals surface area (Å²) in [7, 11) is 0. The third-order valence-electron chi connectivity index (χ3n) is 2.86. The quantitative estimate of drug-likeness (QED) is 0.741. The van der Waals surface area contributed by atoms with Crippen molar-refractivity contribution in [1.29, 1.82) is 0 Å². The first-order valence-electron chi connectivity index (χ1n) is 5.48. The first-order valence-corrected chi connectivity index (χ1v) is 6.27. The maximum absolute atomic E-state index is 12.7. The molecule has 0 radical (unpaired) electrons. The number of aliphatic hydroxyl groups is 1. The van der Waals surface area contributed by atoms with Crippen LogP contribution in [0.15, 0.2) is 22.7 Å². The number of rotatable bonds is 2. The number of alkyl halides is 6. The molecule has 0 saturated carbocycles. The van der Waals surface area contributed by atoms with Crippen molar-refractivity contribution < 1.29 is 31.4 Å². The molecule has 1 nitrogen and oxygen atoms in total. The average Bonchev–Trinajstić information content (AvgIpc) is 2.25. The highest BCUT2D eigenvalue weighted by Crippen LogP contribution is 2.50. The van der Waals surface area contributed by atoms with Crippen molar-refractivity contribution in [3.63, 3.8) is 0 Å². The molecule has 0 spiro atoms.